The Morgan fingerprint density at radius 3 is 3.31 bits per heavy atom. The lowest BCUT2D eigenvalue weighted by atomic mass is 10.1. The fraction of sp³-hybridized carbons (Fsp3) is 0.400. The molecule has 0 saturated heterocycles. The molecule has 3 heterocycles. The summed E-state index contributed by atoms with van der Waals surface area (Å²) < 4.78 is 2.28. The van der Waals surface area contributed by atoms with Gasteiger partial charge in [0, 0.05) is 12.7 Å². The summed E-state index contributed by atoms with van der Waals surface area (Å²) in [7, 11) is 0. The number of rotatable bonds is 0. The summed E-state index contributed by atoms with van der Waals surface area (Å²) in [5, 5.41) is 0. The second-order valence-corrected chi connectivity index (χ2v) is 3.56. The van der Waals surface area contributed by atoms with Crippen LogP contribution in [0.3, 0.4) is 0 Å². The number of imidazole rings is 1. The molecule has 3 rings (SSSR count). The van der Waals surface area contributed by atoms with Crippen LogP contribution in [-0.4, -0.2) is 14.5 Å². The van der Waals surface area contributed by atoms with Crippen molar-refractivity contribution in [1.29, 1.82) is 0 Å². The Kier molecular flexibility index (Phi) is 1.26. The molecule has 0 aliphatic carbocycles. The van der Waals surface area contributed by atoms with Crippen LogP contribution in [0, 0.1) is 6.92 Å². The van der Waals surface area contributed by atoms with E-state index in [9.17, 15) is 0 Å². The molecular weight excluding hydrogens is 162 g/mol. The predicted octanol–water partition coefficient (Wildman–Crippen LogP) is 1.69. The number of nitrogens with zero attached hydrogens (tertiary/aromatic N) is 3. The maximum atomic E-state index is 4.44. The summed E-state index contributed by atoms with van der Waals surface area (Å²) in [5.41, 5.74) is 3.57. The van der Waals surface area contributed by atoms with E-state index in [0.29, 0.717) is 0 Å². The zero-order valence-corrected chi connectivity index (χ0v) is 7.62. The van der Waals surface area contributed by atoms with Crippen molar-refractivity contribution in [3.8, 4) is 0 Å². The molecule has 3 heteroatoms. The molecule has 66 valence electrons. The Hall–Kier alpha value is -1.38. The molecule has 1 aliphatic heterocycles. The van der Waals surface area contributed by atoms with Gasteiger partial charge in [0.05, 0.1) is 5.52 Å². The van der Waals surface area contributed by atoms with Gasteiger partial charge >= 0.3 is 0 Å². The van der Waals surface area contributed by atoms with Crippen LogP contribution in [0.4, 0.5) is 0 Å². The molecule has 0 unspecified atom stereocenters. The first-order chi connectivity index (χ1) is 6.36. The van der Waals surface area contributed by atoms with Crippen LogP contribution >= 0.6 is 0 Å². The van der Waals surface area contributed by atoms with Gasteiger partial charge in [-0.3, -0.25) is 0 Å². The fourth-order valence-corrected chi connectivity index (χ4v) is 2.14. The minimum atomic E-state index is 0.912. The van der Waals surface area contributed by atoms with E-state index < -0.39 is 0 Å². The average Bonchev–Trinajstić information content (AvgIpc) is 2.47. The summed E-state index contributed by atoms with van der Waals surface area (Å²) in [6.45, 7) is 3.15. The van der Waals surface area contributed by atoms with Gasteiger partial charge in [0.25, 0.3) is 0 Å². The van der Waals surface area contributed by atoms with Crippen LogP contribution in [0.15, 0.2) is 12.3 Å². The molecule has 2 aromatic heterocycles. The lowest BCUT2D eigenvalue weighted by Gasteiger charge is -2.14. The number of hydrogen-bond donors (Lipinski definition) is 0. The molecule has 0 N–H and O–H groups in total. The molecule has 2 aromatic rings. The number of pyridine rings is 1. The lowest BCUT2D eigenvalue weighted by molar-refractivity contribution is 0.617. The fourth-order valence-electron chi connectivity index (χ4n) is 2.14. The molecule has 0 amide bonds. The van der Waals surface area contributed by atoms with E-state index in [1.54, 1.807) is 0 Å². The summed E-state index contributed by atoms with van der Waals surface area (Å²) >= 11 is 0. The van der Waals surface area contributed by atoms with Crippen molar-refractivity contribution in [3.05, 3.63) is 23.7 Å². The van der Waals surface area contributed by atoms with Crippen LogP contribution in [0.5, 0.6) is 0 Å². The minimum Gasteiger partial charge on any atom is -0.327 e. The monoisotopic (exact) mass is 173 g/mol. The van der Waals surface area contributed by atoms with E-state index in [4.69, 9.17) is 0 Å². The van der Waals surface area contributed by atoms with Crippen molar-refractivity contribution in [1.82, 2.24) is 14.5 Å². The van der Waals surface area contributed by atoms with E-state index >= 15 is 0 Å². The Balaban J connectivity index is 2.51. The summed E-state index contributed by atoms with van der Waals surface area (Å²) in [6, 6.07) is 2.11. The largest absolute Gasteiger partial charge is 0.327 e. The highest BCUT2D eigenvalue weighted by molar-refractivity contribution is 5.76. The third-order valence-corrected chi connectivity index (χ3v) is 2.74. The number of hydrogen-bond acceptors (Lipinski definition) is 2. The van der Waals surface area contributed by atoms with Crippen molar-refractivity contribution >= 4 is 11.2 Å². The van der Waals surface area contributed by atoms with Crippen LogP contribution in [-0.2, 0) is 13.0 Å². The van der Waals surface area contributed by atoms with E-state index in [1.165, 1.54) is 23.9 Å². The lowest BCUT2D eigenvalue weighted by Crippen LogP contribution is -2.08. The van der Waals surface area contributed by atoms with Gasteiger partial charge in [0.2, 0.25) is 0 Å². The number of aromatic nitrogens is 3. The van der Waals surface area contributed by atoms with E-state index in [0.717, 1.165) is 18.0 Å². The van der Waals surface area contributed by atoms with Gasteiger partial charge in [-0.1, -0.05) is 0 Å². The van der Waals surface area contributed by atoms with Crippen molar-refractivity contribution in [2.75, 3.05) is 0 Å². The standard InChI is InChI=1S/C10H11N3/c1-7-12-10-9-8(4-5-11-10)3-2-6-13(7)9/h4-5H,2-3,6H2,1H3. The highest BCUT2D eigenvalue weighted by Gasteiger charge is 2.15. The van der Waals surface area contributed by atoms with E-state index in [2.05, 4.69) is 27.5 Å². The van der Waals surface area contributed by atoms with Crippen LogP contribution < -0.4 is 0 Å². The van der Waals surface area contributed by atoms with Gasteiger partial charge in [0.1, 0.15) is 5.82 Å². The average molecular weight is 173 g/mol. The molecule has 3 nitrogen and oxygen atoms in total. The summed E-state index contributed by atoms with van der Waals surface area (Å²) in [4.78, 5) is 8.71. The first kappa shape index (κ1) is 7.06. The quantitative estimate of drug-likeness (QED) is 0.607. The first-order valence-corrected chi connectivity index (χ1v) is 4.67. The Morgan fingerprint density at radius 1 is 1.46 bits per heavy atom. The van der Waals surface area contributed by atoms with Crippen molar-refractivity contribution in [2.24, 2.45) is 0 Å². The molecule has 13 heavy (non-hydrogen) atoms. The zero-order valence-electron chi connectivity index (χ0n) is 7.62. The molecule has 0 atom stereocenters. The van der Waals surface area contributed by atoms with Gasteiger partial charge in [-0.15, -0.1) is 0 Å². The Morgan fingerprint density at radius 2 is 2.38 bits per heavy atom. The second kappa shape index (κ2) is 2.31. The van der Waals surface area contributed by atoms with Gasteiger partial charge in [-0.25, -0.2) is 9.97 Å². The van der Waals surface area contributed by atoms with Gasteiger partial charge in [-0.2, -0.15) is 0 Å². The van der Waals surface area contributed by atoms with E-state index in [1.807, 2.05) is 6.20 Å². The molecule has 0 fully saturated rings. The molecular formula is C10H11N3. The van der Waals surface area contributed by atoms with Crippen molar-refractivity contribution in [3.63, 3.8) is 0 Å². The maximum absolute atomic E-state index is 4.44. The van der Waals surface area contributed by atoms with Crippen LogP contribution in [0.25, 0.3) is 11.2 Å². The molecule has 1 aliphatic rings. The van der Waals surface area contributed by atoms with Gasteiger partial charge in [0.15, 0.2) is 5.65 Å². The Labute approximate surface area is 76.4 Å². The first-order valence-electron chi connectivity index (χ1n) is 4.67. The molecule has 0 saturated carbocycles. The second-order valence-electron chi connectivity index (χ2n) is 3.56. The van der Waals surface area contributed by atoms with Crippen molar-refractivity contribution < 1.29 is 0 Å². The predicted molar refractivity (Wildman–Crippen MR) is 50.6 cm³/mol. The normalized spacial score (nSPS) is 15.2. The highest BCUT2D eigenvalue weighted by atomic mass is 15.1. The molecule has 0 aromatic carbocycles. The highest BCUT2D eigenvalue weighted by Crippen LogP contribution is 2.24. The van der Waals surface area contributed by atoms with Gasteiger partial charge in [-0.05, 0) is 31.4 Å². The smallest absolute Gasteiger partial charge is 0.178 e. The van der Waals surface area contributed by atoms with Crippen LogP contribution in [0.1, 0.15) is 17.8 Å². The third kappa shape index (κ3) is 0.842. The van der Waals surface area contributed by atoms with Gasteiger partial charge < -0.3 is 4.57 Å². The maximum Gasteiger partial charge on any atom is 0.178 e. The minimum absolute atomic E-state index is 0.912. The SMILES string of the molecule is Cc1nc2nccc3c2n1CCC3. The Bertz CT molecular complexity index is 470. The third-order valence-electron chi connectivity index (χ3n) is 2.74. The number of aryl methyl sites for hydroxylation is 3. The molecule has 0 radical (unpaired) electrons. The zero-order chi connectivity index (χ0) is 8.84. The van der Waals surface area contributed by atoms with E-state index in [-0.39, 0.29) is 0 Å². The van der Waals surface area contributed by atoms with Crippen LogP contribution in [0.2, 0.25) is 0 Å². The summed E-state index contributed by atoms with van der Waals surface area (Å²) in [6.07, 6.45) is 4.26. The topological polar surface area (TPSA) is 30.7 Å². The van der Waals surface area contributed by atoms with Crippen molar-refractivity contribution in [2.45, 2.75) is 26.3 Å². The molecule has 0 spiro atoms. The molecule has 0 bridgehead atoms. The summed E-state index contributed by atoms with van der Waals surface area (Å²) in [5.74, 6) is 1.09.